The third-order valence-electron chi connectivity index (χ3n) is 2.93. The van der Waals surface area contributed by atoms with E-state index in [1.54, 1.807) is 29.2 Å². The lowest BCUT2D eigenvalue weighted by molar-refractivity contribution is -0.141. The molecule has 0 aliphatic rings. The van der Waals surface area contributed by atoms with Crippen LogP contribution in [0.2, 0.25) is 5.02 Å². The highest BCUT2D eigenvalue weighted by atomic mass is 35.5. The van der Waals surface area contributed by atoms with E-state index >= 15 is 0 Å². The summed E-state index contributed by atoms with van der Waals surface area (Å²) in [5.74, 6) is 0.257. The third kappa shape index (κ3) is 6.49. The van der Waals surface area contributed by atoms with Crippen LogP contribution in [0, 0.1) is 0 Å². The van der Waals surface area contributed by atoms with Crippen LogP contribution in [0.4, 0.5) is 0 Å². The van der Waals surface area contributed by atoms with Gasteiger partial charge in [-0.2, -0.15) is 0 Å². The van der Waals surface area contributed by atoms with Crippen molar-refractivity contribution in [1.82, 2.24) is 4.90 Å². The van der Waals surface area contributed by atoms with Gasteiger partial charge in [-0.05, 0) is 25.1 Å². The van der Waals surface area contributed by atoms with Gasteiger partial charge in [0.05, 0.1) is 26.6 Å². The van der Waals surface area contributed by atoms with Crippen LogP contribution in [-0.4, -0.2) is 43.6 Å². The summed E-state index contributed by atoms with van der Waals surface area (Å²) in [4.78, 5) is 24.7. The molecule has 0 saturated carbocycles. The maximum atomic E-state index is 12.0. The molecule has 6 heteroatoms. The van der Waals surface area contributed by atoms with Crippen molar-refractivity contribution < 1.29 is 19.1 Å². The second kappa shape index (κ2) is 9.23. The summed E-state index contributed by atoms with van der Waals surface area (Å²) in [7, 11) is 1.33. The zero-order chi connectivity index (χ0) is 15.7. The minimum atomic E-state index is -0.323. The molecule has 1 aromatic carbocycles. The Labute approximate surface area is 129 Å². The first-order valence-corrected chi connectivity index (χ1v) is 7.17. The average Bonchev–Trinajstić information content (AvgIpc) is 2.47. The molecule has 0 heterocycles. The summed E-state index contributed by atoms with van der Waals surface area (Å²) in [6.07, 6.45) is 0.451. The lowest BCUT2D eigenvalue weighted by Crippen LogP contribution is -2.33. The fourth-order valence-electron chi connectivity index (χ4n) is 1.76. The quantitative estimate of drug-likeness (QED) is 0.692. The molecule has 0 atom stereocenters. The number of hydrogen-bond acceptors (Lipinski definition) is 4. The van der Waals surface area contributed by atoms with Crippen LogP contribution >= 0.6 is 11.6 Å². The SMILES string of the molecule is CCN(CCC(=O)OC)C(=O)CCOc1cccc(Cl)c1. The molecule has 0 aliphatic heterocycles. The number of hydrogen-bond donors (Lipinski definition) is 0. The second-order valence-electron chi connectivity index (χ2n) is 4.36. The monoisotopic (exact) mass is 313 g/mol. The number of carbonyl (C=O) groups is 2. The van der Waals surface area contributed by atoms with E-state index in [0.717, 1.165) is 0 Å². The third-order valence-corrected chi connectivity index (χ3v) is 3.16. The Morgan fingerprint density at radius 3 is 2.67 bits per heavy atom. The molecule has 21 heavy (non-hydrogen) atoms. The summed E-state index contributed by atoms with van der Waals surface area (Å²) in [6.45, 7) is 3.05. The van der Waals surface area contributed by atoms with Gasteiger partial charge in [0, 0.05) is 18.1 Å². The minimum Gasteiger partial charge on any atom is -0.493 e. The molecule has 0 spiro atoms. The van der Waals surface area contributed by atoms with Gasteiger partial charge >= 0.3 is 5.97 Å². The van der Waals surface area contributed by atoms with Crippen LogP contribution in [-0.2, 0) is 14.3 Å². The largest absolute Gasteiger partial charge is 0.493 e. The average molecular weight is 314 g/mol. The van der Waals surface area contributed by atoms with Crippen LogP contribution in [0.3, 0.4) is 0 Å². The molecule has 0 aliphatic carbocycles. The molecule has 1 rings (SSSR count). The van der Waals surface area contributed by atoms with Gasteiger partial charge < -0.3 is 14.4 Å². The number of nitrogens with zero attached hydrogens (tertiary/aromatic N) is 1. The number of methoxy groups -OCH3 is 1. The fourth-order valence-corrected chi connectivity index (χ4v) is 1.94. The highest BCUT2D eigenvalue weighted by Gasteiger charge is 2.13. The lowest BCUT2D eigenvalue weighted by Gasteiger charge is -2.20. The maximum Gasteiger partial charge on any atom is 0.307 e. The van der Waals surface area contributed by atoms with E-state index < -0.39 is 0 Å². The number of esters is 1. The molecule has 1 aromatic rings. The Hall–Kier alpha value is -1.75. The van der Waals surface area contributed by atoms with Crippen molar-refractivity contribution in [2.24, 2.45) is 0 Å². The molecule has 0 radical (unpaired) electrons. The van der Waals surface area contributed by atoms with Crippen LogP contribution in [0.15, 0.2) is 24.3 Å². The Balaban J connectivity index is 2.35. The molecule has 0 unspecified atom stereocenters. The van der Waals surface area contributed by atoms with Gasteiger partial charge in [0.1, 0.15) is 5.75 Å². The van der Waals surface area contributed by atoms with Crippen molar-refractivity contribution in [2.75, 3.05) is 26.8 Å². The van der Waals surface area contributed by atoms with E-state index in [9.17, 15) is 9.59 Å². The first-order chi connectivity index (χ1) is 10.1. The van der Waals surface area contributed by atoms with Crippen molar-refractivity contribution in [3.8, 4) is 5.75 Å². The molecule has 5 nitrogen and oxygen atoms in total. The topological polar surface area (TPSA) is 55.8 Å². The number of rotatable bonds is 8. The molecule has 0 bridgehead atoms. The van der Waals surface area contributed by atoms with Crippen molar-refractivity contribution in [3.05, 3.63) is 29.3 Å². The van der Waals surface area contributed by atoms with Crippen LogP contribution in [0.1, 0.15) is 19.8 Å². The van der Waals surface area contributed by atoms with E-state index in [2.05, 4.69) is 4.74 Å². The van der Waals surface area contributed by atoms with Crippen molar-refractivity contribution in [1.29, 1.82) is 0 Å². The zero-order valence-electron chi connectivity index (χ0n) is 12.3. The Morgan fingerprint density at radius 2 is 2.05 bits per heavy atom. The molecule has 0 fully saturated rings. The van der Waals surface area contributed by atoms with Gasteiger partial charge in [-0.1, -0.05) is 17.7 Å². The first kappa shape index (κ1) is 17.3. The Kier molecular flexibility index (Phi) is 7.61. The predicted octanol–water partition coefficient (Wildman–Crippen LogP) is 2.52. The zero-order valence-corrected chi connectivity index (χ0v) is 13.1. The van der Waals surface area contributed by atoms with E-state index in [1.807, 2.05) is 6.92 Å². The minimum absolute atomic E-state index is 0.0524. The number of halogens is 1. The van der Waals surface area contributed by atoms with Crippen molar-refractivity contribution in [3.63, 3.8) is 0 Å². The molecule has 116 valence electrons. The molecule has 1 amide bonds. The van der Waals surface area contributed by atoms with Gasteiger partial charge in [0.15, 0.2) is 0 Å². The number of amides is 1. The van der Waals surface area contributed by atoms with Crippen LogP contribution in [0.5, 0.6) is 5.75 Å². The molecule has 0 N–H and O–H groups in total. The van der Waals surface area contributed by atoms with E-state index in [-0.39, 0.29) is 31.3 Å². The second-order valence-corrected chi connectivity index (χ2v) is 4.79. The summed E-state index contributed by atoms with van der Waals surface area (Å²) in [6, 6.07) is 7.02. The standard InChI is InChI=1S/C15H20ClNO4/c1-3-17(9-7-15(19)20-2)14(18)8-10-21-13-6-4-5-12(16)11-13/h4-6,11H,3,7-10H2,1-2H3. The maximum absolute atomic E-state index is 12.0. The highest BCUT2D eigenvalue weighted by molar-refractivity contribution is 6.30. The summed E-state index contributed by atoms with van der Waals surface area (Å²) in [5, 5.41) is 0.590. The predicted molar refractivity (Wildman–Crippen MR) is 80.5 cm³/mol. The van der Waals surface area contributed by atoms with Gasteiger partial charge in [0.2, 0.25) is 5.91 Å². The van der Waals surface area contributed by atoms with Crippen LogP contribution in [0.25, 0.3) is 0 Å². The Bertz CT molecular complexity index is 478. The number of ether oxygens (including phenoxy) is 2. The highest BCUT2D eigenvalue weighted by Crippen LogP contribution is 2.17. The van der Waals surface area contributed by atoms with Crippen molar-refractivity contribution in [2.45, 2.75) is 19.8 Å². The summed E-state index contributed by atoms with van der Waals surface area (Å²) >= 11 is 5.84. The van der Waals surface area contributed by atoms with Crippen LogP contribution < -0.4 is 4.74 Å². The van der Waals surface area contributed by atoms with Crippen molar-refractivity contribution >= 4 is 23.5 Å². The van der Waals surface area contributed by atoms with E-state index in [1.165, 1.54) is 7.11 Å². The number of carbonyl (C=O) groups excluding carboxylic acids is 2. The normalized spacial score (nSPS) is 10.0. The lowest BCUT2D eigenvalue weighted by atomic mass is 10.3. The van der Waals surface area contributed by atoms with E-state index in [4.69, 9.17) is 16.3 Å². The summed E-state index contributed by atoms with van der Waals surface area (Å²) in [5.41, 5.74) is 0. The molecular weight excluding hydrogens is 294 g/mol. The van der Waals surface area contributed by atoms with Gasteiger partial charge in [-0.25, -0.2) is 0 Å². The first-order valence-electron chi connectivity index (χ1n) is 6.79. The number of benzene rings is 1. The molecule has 0 aromatic heterocycles. The van der Waals surface area contributed by atoms with Gasteiger partial charge in [0.25, 0.3) is 0 Å². The molecule has 0 saturated heterocycles. The Morgan fingerprint density at radius 1 is 1.29 bits per heavy atom. The fraction of sp³-hybridized carbons (Fsp3) is 0.467. The summed E-state index contributed by atoms with van der Waals surface area (Å²) < 4.78 is 10.0. The van der Waals surface area contributed by atoms with E-state index in [0.29, 0.717) is 23.9 Å². The smallest absolute Gasteiger partial charge is 0.307 e. The van der Waals surface area contributed by atoms with Gasteiger partial charge in [-0.3, -0.25) is 9.59 Å². The molecular formula is C15H20ClNO4. The van der Waals surface area contributed by atoms with Gasteiger partial charge in [-0.15, -0.1) is 0 Å².